The van der Waals surface area contributed by atoms with E-state index >= 15 is 0 Å². The number of hydrogen-bond donors (Lipinski definition) is 0. The first kappa shape index (κ1) is 13.1. The molecule has 1 saturated carbocycles. The summed E-state index contributed by atoms with van der Waals surface area (Å²) in [5.41, 5.74) is 0.309. The normalized spacial score (nSPS) is 38.6. The van der Waals surface area contributed by atoms with Gasteiger partial charge < -0.3 is 0 Å². The zero-order valence-electron chi connectivity index (χ0n) is 11.8. The molecule has 2 aliphatic rings. The molecule has 0 aromatic carbocycles. The van der Waals surface area contributed by atoms with Crippen molar-refractivity contribution in [1.29, 1.82) is 0 Å². The lowest BCUT2D eigenvalue weighted by atomic mass is 9.74. The average molecular weight is 237 g/mol. The van der Waals surface area contributed by atoms with Crippen molar-refractivity contribution < 1.29 is 4.79 Å². The number of hydrogen-bond acceptors (Lipinski definition) is 2. The maximum absolute atomic E-state index is 12.2. The molecule has 2 nitrogen and oxygen atoms in total. The van der Waals surface area contributed by atoms with Gasteiger partial charge in [-0.3, -0.25) is 9.69 Å². The monoisotopic (exact) mass is 237 g/mol. The van der Waals surface area contributed by atoms with Crippen molar-refractivity contribution in [2.24, 2.45) is 17.8 Å². The van der Waals surface area contributed by atoms with Gasteiger partial charge in [-0.15, -0.1) is 0 Å². The van der Waals surface area contributed by atoms with E-state index in [1.54, 1.807) is 0 Å². The van der Waals surface area contributed by atoms with E-state index in [1.807, 2.05) is 0 Å². The summed E-state index contributed by atoms with van der Waals surface area (Å²) in [4.78, 5) is 14.7. The highest BCUT2D eigenvalue weighted by Crippen LogP contribution is 2.35. The predicted octanol–water partition coefficient (Wildman–Crippen LogP) is 3.11. The molecular weight excluding hydrogens is 210 g/mol. The van der Waals surface area contributed by atoms with Crippen molar-refractivity contribution in [3.8, 4) is 0 Å². The Hall–Kier alpha value is -0.370. The fraction of sp³-hybridized carbons (Fsp3) is 0.933. The lowest BCUT2D eigenvalue weighted by molar-refractivity contribution is -0.129. The van der Waals surface area contributed by atoms with Gasteiger partial charge in [0, 0.05) is 24.4 Å². The minimum Gasteiger partial charge on any atom is -0.299 e. The highest BCUT2D eigenvalue weighted by Gasteiger charge is 2.38. The molecule has 0 amide bonds. The second-order valence-electron chi connectivity index (χ2n) is 6.96. The fourth-order valence-corrected chi connectivity index (χ4v) is 3.72. The van der Waals surface area contributed by atoms with Gasteiger partial charge in [0.2, 0.25) is 0 Å². The van der Waals surface area contributed by atoms with Gasteiger partial charge in [-0.05, 0) is 51.5 Å². The van der Waals surface area contributed by atoms with Crippen LogP contribution < -0.4 is 0 Å². The minimum atomic E-state index is 0.295. The third kappa shape index (κ3) is 2.73. The lowest BCUT2D eigenvalue weighted by Crippen LogP contribution is -2.46. The molecule has 1 aliphatic heterocycles. The molecule has 2 rings (SSSR count). The highest BCUT2D eigenvalue weighted by molar-refractivity contribution is 5.82. The van der Waals surface area contributed by atoms with Crippen LogP contribution in [0.1, 0.15) is 53.4 Å². The lowest BCUT2D eigenvalue weighted by Gasteiger charge is -2.38. The molecule has 2 fully saturated rings. The van der Waals surface area contributed by atoms with E-state index in [2.05, 4.69) is 32.6 Å². The summed E-state index contributed by atoms with van der Waals surface area (Å²) in [6.45, 7) is 11.3. The third-order valence-electron chi connectivity index (χ3n) is 4.91. The van der Waals surface area contributed by atoms with Crippen LogP contribution in [-0.4, -0.2) is 29.3 Å². The minimum absolute atomic E-state index is 0.295. The average Bonchev–Trinajstić information content (AvgIpc) is 2.51. The van der Waals surface area contributed by atoms with Gasteiger partial charge in [0.1, 0.15) is 5.78 Å². The molecule has 0 radical (unpaired) electrons. The number of carbonyl (C=O) groups is 1. The zero-order valence-corrected chi connectivity index (χ0v) is 11.8. The summed E-state index contributed by atoms with van der Waals surface area (Å²) in [6, 6.07) is 0. The van der Waals surface area contributed by atoms with E-state index in [1.165, 1.54) is 25.8 Å². The molecule has 2 heteroatoms. The Bertz CT molecular complexity index is 297. The van der Waals surface area contributed by atoms with Crippen LogP contribution in [0.3, 0.4) is 0 Å². The number of rotatable bonds is 2. The van der Waals surface area contributed by atoms with Gasteiger partial charge in [0.25, 0.3) is 0 Å². The number of ketones is 1. The molecule has 0 N–H and O–H groups in total. The van der Waals surface area contributed by atoms with E-state index in [0.717, 1.165) is 13.0 Å². The number of Topliss-reactive ketones (excluding diaryl/α,β-unsaturated/α-hetero) is 1. The number of nitrogens with zero attached hydrogens (tertiary/aromatic N) is 1. The van der Waals surface area contributed by atoms with Gasteiger partial charge in [-0.25, -0.2) is 0 Å². The standard InChI is InChI=1S/C15H27NO/c1-11-8-12(2)13(14(17)9-11)10-16-7-5-6-15(16,3)4/h11-13H,5-10H2,1-4H3. The van der Waals surface area contributed by atoms with Crippen molar-refractivity contribution >= 4 is 5.78 Å². The summed E-state index contributed by atoms with van der Waals surface area (Å²) in [5.74, 6) is 1.98. The SMILES string of the molecule is CC1CC(=O)C(CN2CCCC2(C)C)C(C)C1. The van der Waals surface area contributed by atoms with Gasteiger partial charge in [-0.1, -0.05) is 13.8 Å². The Morgan fingerprint density at radius 3 is 2.59 bits per heavy atom. The van der Waals surface area contributed by atoms with Gasteiger partial charge in [-0.2, -0.15) is 0 Å². The second-order valence-corrected chi connectivity index (χ2v) is 6.96. The maximum atomic E-state index is 12.2. The van der Waals surface area contributed by atoms with Crippen molar-refractivity contribution in [2.45, 2.75) is 58.9 Å². The van der Waals surface area contributed by atoms with Gasteiger partial charge >= 0.3 is 0 Å². The molecule has 1 saturated heterocycles. The van der Waals surface area contributed by atoms with Crippen LogP contribution >= 0.6 is 0 Å². The Morgan fingerprint density at radius 1 is 1.35 bits per heavy atom. The molecule has 0 aromatic rings. The topological polar surface area (TPSA) is 20.3 Å². The van der Waals surface area contributed by atoms with Gasteiger partial charge in [0.15, 0.2) is 0 Å². The number of carbonyl (C=O) groups excluding carboxylic acids is 1. The molecule has 1 heterocycles. The molecule has 3 atom stereocenters. The van der Waals surface area contributed by atoms with Crippen molar-refractivity contribution in [3.63, 3.8) is 0 Å². The largest absolute Gasteiger partial charge is 0.299 e. The molecule has 17 heavy (non-hydrogen) atoms. The zero-order chi connectivity index (χ0) is 12.6. The van der Waals surface area contributed by atoms with Crippen LogP contribution in [0.5, 0.6) is 0 Å². The van der Waals surface area contributed by atoms with Crippen molar-refractivity contribution in [2.75, 3.05) is 13.1 Å². The first-order valence-corrected chi connectivity index (χ1v) is 7.18. The van der Waals surface area contributed by atoms with Crippen LogP contribution in [0.2, 0.25) is 0 Å². The summed E-state index contributed by atoms with van der Waals surface area (Å²) >= 11 is 0. The first-order chi connectivity index (χ1) is 7.90. The molecule has 98 valence electrons. The van der Waals surface area contributed by atoms with Crippen LogP contribution in [0, 0.1) is 17.8 Å². The Labute approximate surface area is 106 Å². The first-order valence-electron chi connectivity index (χ1n) is 7.18. The van der Waals surface area contributed by atoms with Crippen molar-refractivity contribution in [1.82, 2.24) is 4.90 Å². The maximum Gasteiger partial charge on any atom is 0.137 e. The van der Waals surface area contributed by atoms with E-state index in [4.69, 9.17) is 0 Å². The Balaban J connectivity index is 2.00. The summed E-state index contributed by atoms with van der Waals surface area (Å²) < 4.78 is 0. The third-order valence-corrected chi connectivity index (χ3v) is 4.91. The van der Waals surface area contributed by atoms with E-state index in [9.17, 15) is 4.79 Å². The van der Waals surface area contributed by atoms with Crippen LogP contribution in [0.25, 0.3) is 0 Å². The van der Waals surface area contributed by atoms with Gasteiger partial charge in [0.05, 0.1) is 0 Å². The van der Waals surface area contributed by atoms with Crippen LogP contribution in [0.15, 0.2) is 0 Å². The molecule has 3 unspecified atom stereocenters. The van der Waals surface area contributed by atoms with E-state index in [-0.39, 0.29) is 0 Å². The van der Waals surface area contributed by atoms with E-state index in [0.29, 0.717) is 29.1 Å². The molecule has 0 bridgehead atoms. The Kier molecular flexibility index (Phi) is 3.63. The van der Waals surface area contributed by atoms with Crippen LogP contribution in [0.4, 0.5) is 0 Å². The van der Waals surface area contributed by atoms with Crippen LogP contribution in [-0.2, 0) is 4.79 Å². The summed E-state index contributed by atoms with van der Waals surface area (Å²) in [5, 5.41) is 0. The smallest absolute Gasteiger partial charge is 0.137 e. The number of likely N-dealkylation sites (tertiary alicyclic amines) is 1. The van der Waals surface area contributed by atoms with E-state index < -0.39 is 0 Å². The Morgan fingerprint density at radius 2 is 2.06 bits per heavy atom. The quantitative estimate of drug-likeness (QED) is 0.735. The molecule has 1 aliphatic carbocycles. The van der Waals surface area contributed by atoms with Crippen molar-refractivity contribution in [3.05, 3.63) is 0 Å². The molecule has 0 spiro atoms. The fourth-order valence-electron chi connectivity index (χ4n) is 3.72. The summed E-state index contributed by atoms with van der Waals surface area (Å²) in [6.07, 6.45) is 4.60. The highest BCUT2D eigenvalue weighted by atomic mass is 16.1. The summed E-state index contributed by atoms with van der Waals surface area (Å²) in [7, 11) is 0. The molecule has 0 aromatic heterocycles. The molecular formula is C15H27NO. The second kappa shape index (κ2) is 4.72. The predicted molar refractivity (Wildman–Crippen MR) is 70.9 cm³/mol.